The second-order valence-electron chi connectivity index (χ2n) is 4.06. The van der Waals surface area contributed by atoms with Gasteiger partial charge in [-0.05, 0) is 37.5 Å². The normalized spacial score (nSPS) is 14.5. The lowest BCUT2D eigenvalue weighted by Gasteiger charge is -2.16. The first-order valence-electron chi connectivity index (χ1n) is 5.62. The summed E-state index contributed by atoms with van der Waals surface area (Å²) in [6.45, 7) is 4.38. The minimum absolute atomic E-state index is 0.192. The van der Waals surface area contributed by atoms with Gasteiger partial charge in [0.25, 0.3) is 0 Å². The average Bonchev–Trinajstić information content (AvgIpc) is 2.20. The van der Waals surface area contributed by atoms with E-state index in [0.29, 0.717) is 11.2 Å². The summed E-state index contributed by atoms with van der Waals surface area (Å²) in [7, 11) is 0. The smallest absolute Gasteiger partial charge is 0.119 e. The molecule has 1 rings (SSSR count). The average molecular weight is 287 g/mol. The van der Waals surface area contributed by atoms with Gasteiger partial charge in [-0.2, -0.15) is 0 Å². The van der Waals surface area contributed by atoms with Crippen molar-refractivity contribution in [3.8, 4) is 5.75 Å². The Hall–Kier alpha value is -0.540. The molecule has 16 heavy (non-hydrogen) atoms. The van der Waals surface area contributed by atoms with Crippen molar-refractivity contribution in [2.24, 2.45) is 0 Å². The van der Waals surface area contributed by atoms with E-state index in [4.69, 9.17) is 9.84 Å². The summed E-state index contributed by atoms with van der Waals surface area (Å²) >= 11 is 3.51. The van der Waals surface area contributed by atoms with Gasteiger partial charge in [0.1, 0.15) is 5.75 Å². The van der Waals surface area contributed by atoms with Gasteiger partial charge in [0.2, 0.25) is 0 Å². The Balaban J connectivity index is 2.48. The number of aliphatic hydroxyl groups excluding tert-OH is 1. The molecule has 0 bridgehead atoms. The SMILES string of the molecule is CC(Br)CC(C)Oc1ccc(CCO)cc1. The van der Waals surface area contributed by atoms with E-state index in [0.717, 1.165) is 17.7 Å². The van der Waals surface area contributed by atoms with E-state index < -0.39 is 0 Å². The number of alkyl halides is 1. The molecule has 0 amide bonds. The summed E-state index contributed by atoms with van der Waals surface area (Å²) < 4.78 is 5.77. The van der Waals surface area contributed by atoms with Crippen molar-refractivity contribution in [1.29, 1.82) is 0 Å². The van der Waals surface area contributed by atoms with Crippen molar-refractivity contribution in [2.45, 2.75) is 37.6 Å². The quantitative estimate of drug-likeness (QED) is 0.814. The van der Waals surface area contributed by atoms with Gasteiger partial charge < -0.3 is 9.84 Å². The molecule has 0 aliphatic heterocycles. The molecule has 3 heteroatoms. The topological polar surface area (TPSA) is 29.5 Å². The second-order valence-corrected chi connectivity index (χ2v) is 5.63. The van der Waals surface area contributed by atoms with Crippen LogP contribution in [0, 0.1) is 0 Å². The van der Waals surface area contributed by atoms with Crippen molar-refractivity contribution < 1.29 is 9.84 Å². The van der Waals surface area contributed by atoms with Crippen LogP contribution in [0.15, 0.2) is 24.3 Å². The van der Waals surface area contributed by atoms with Crippen molar-refractivity contribution in [1.82, 2.24) is 0 Å². The van der Waals surface area contributed by atoms with Gasteiger partial charge in [-0.3, -0.25) is 0 Å². The molecule has 90 valence electrons. The van der Waals surface area contributed by atoms with Crippen LogP contribution in [0.2, 0.25) is 0 Å². The maximum atomic E-state index is 8.80. The zero-order valence-corrected chi connectivity index (χ0v) is 11.4. The molecule has 0 radical (unpaired) electrons. The van der Waals surface area contributed by atoms with Gasteiger partial charge in [0, 0.05) is 11.4 Å². The molecular formula is C13H19BrO2. The lowest BCUT2D eigenvalue weighted by atomic mass is 10.1. The van der Waals surface area contributed by atoms with Crippen LogP contribution < -0.4 is 4.74 Å². The highest BCUT2D eigenvalue weighted by molar-refractivity contribution is 9.09. The minimum Gasteiger partial charge on any atom is -0.491 e. The fourth-order valence-electron chi connectivity index (χ4n) is 1.60. The van der Waals surface area contributed by atoms with Gasteiger partial charge in [-0.25, -0.2) is 0 Å². The molecule has 1 aromatic carbocycles. The molecule has 0 aromatic heterocycles. The van der Waals surface area contributed by atoms with Crippen molar-refractivity contribution in [2.75, 3.05) is 6.61 Å². The maximum Gasteiger partial charge on any atom is 0.119 e. The number of hydrogen-bond acceptors (Lipinski definition) is 2. The number of benzene rings is 1. The van der Waals surface area contributed by atoms with Crippen LogP contribution >= 0.6 is 15.9 Å². The monoisotopic (exact) mass is 286 g/mol. The highest BCUT2D eigenvalue weighted by Gasteiger charge is 2.07. The third kappa shape index (κ3) is 4.99. The van der Waals surface area contributed by atoms with E-state index in [1.165, 1.54) is 0 Å². The van der Waals surface area contributed by atoms with E-state index in [9.17, 15) is 0 Å². The molecule has 0 saturated heterocycles. The highest BCUT2D eigenvalue weighted by Crippen LogP contribution is 2.17. The maximum absolute atomic E-state index is 8.80. The van der Waals surface area contributed by atoms with Gasteiger partial charge >= 0.3 is 0 Å². The van der Waals surface area contributed by atoms with Crippen molar-refractivity contribution >= 4 is 15.9 Å². The second kappa shape index (κ2) is 6.92. The molecule has 2 atom stereocenters. The number of rotatable bonds is 6. The largest absolute Gasteiger partial charge is 0.491 e. The van der Waals surface area contributed by atoms with Gasteiger partial charge in [0.15, 0.2) is 0 Å². The van der Waals surface area contributed by atoms with Crippen LogP contribution in [0.25, 0.3) is 0 Å². The molecule has 2 unspecified atom stereocenters. The van der Waals surface area contributed by atoms with E-state index in [1.54, 1.807) is 0 Å². The van der Waals surface area contributed by atoms with Crippen molar-refractivity contribution in [3.63, 3.8) is 0 Å². The summed E-state index contributed by atoms with van der Waals surface area (Å²) in [4.78, 5) is 0.469. The summed E-state index contributed by atoms with van der Waals surface area (Å²) in [6.07, 6.45) is 1.89. The number of halogens is 1. The molecule has 0 aliphatic rings. The predicted octanol–water partition coefficient (Wildman–Crippen LogP) is 3.16. The molecule has 0 spiro atoms. The Bertz CT molecular complexity index is 295. The van der Waals surface area contributed by atoms with Crippen LogP contribution in [0.4, 0.5) is 0 Å². The molecule has 0 saturated carbocycles. The first-order chi connectivity index (χ1) is 7.61. The third-order valence-electron chi connectivity index (χ3n) is 2.32. The molecule has 2 nitrogen and oxygen atoms in total. The fraction of sp³-hybridized carbons (Fsp3) is 0.538. The van der Waals surface area contributed by atoms with E-state index >= 15 is 0 Å². The molecule has 1 N–H and O–H groups in total. The lowest BCUT2D eigenvalue weighted by molar-refractivity contribution is 0.212. The molecule has 0 aliphatic carbocycles. The Morgan fingerprint density at radius 3 is 2.38 bits per heavy atom. The van der Waals surface area contributed by atoms with Crippen molar-refractivity contribution in [3.05, 3.63) is 29.8 Å². The van der Waals surface area contributed by atoms with Crippen LogP contribution in [0.3, 0.4) is 0 Å². The minimum atomic E-state index is 0.192. The van der Waals surface area contributed by atoms with Crippen LogP contribution in [0.1, 0.15) is 25.8 Å². The third-order valence-corrected chi connectivity index (χ3v) is 2.69. The lowest BCUT2D eigenvalue weighted by Crippen LogP contribution is -2.15. The highest BCUT2D eigenvalue weighted by atomic mass is 79.9. The van der Waals surface area contributed by atoms with Gasteiger partial charge in [0.05, 0.1) is 6.10 Å². The van der Waals surface area contributed by atoms with Crippen LogP contribution in [-0.4, -0.2) is 22.6 Å². The number of aliphatic hydroxyl groups is 1. The molecule has 1 aromatic rings. The molecule has 0 fully saturated rings. The zero-order chi connectivity index (χ0) is 12.0. The Morgan fingerprint density at radius 1 is 1.25 bits per heavy atom. The number of ether oxygens (including phenoxy) is 1. The summed E-state index contributed by atoms with van der Waals surface area (Å²) in [5, 5.41) is 8.80. The molecule has 0 heterocycles. The fourth-order valence-corrected chi connectivity index (χ4v) is 2.13. The number of hydrogen-bond donors (Lipinski definition) is 1. The standard InChI is InChI=1S/C13H19BrO2/c1-10(14)9-11(2)16-13-5-3-12(4-6-13)7-8-15/h3-6,10-11,15H,7-9H2,1-2H3. The predicted molar refractivity (Wildman–Crippen MR) is 70.3 cm³/mol. The summed E-state index contributed by atoms with van der Waals surface area (Å²) in [5.41, 5.74) is 1.14. The Morgan fingerprint density at radius 2 is 1.88 bits per heavy atom. The molecular weight excluding hydrogens is 268 g/mol. The van der Waals surface area contributed by atoms with Gasteiger partial charge in [-0.15, -0.1) is 0 Å². The van der Waals surface area contributed by atoms with Gasteiger partial charge in [-0.1, -0.05) is 35.0 Å². The Kier molecular flexibility index (Phi) is 5.85. The summed E-state index contributed by atoms with van der Waals surface area (Å²) in [5.74, 6) is 0.891. The first kappa shape index (κ1) is 13.5. The van der Waals surface area contributed by atoms with E-state index in [-0.39, 0.29) is 12.7 Å². The van der Waals surface area contributed by atoms with E-state index in [1.807, 2.05) is 24.3 Å². The first-order valence-corrected chi connectivity index (χ1v) is 6.54. The Labute approximate surface area is 106 Å². The summed E-state index contributed by atoms with van der Waals surface area (Å²) in [6, 6.07) is 7.91. The zero-order valence-electron chi connectivity index (χ0n) is 9.82. The van der Waals surface area contributed by atoms with E-state index in [2.05, 4.69) is 29.8 Å². The van der Waals surface area contributed by atoms with Crippen LogP contribution in [0.5, 0.6) is 5.75 Å². The van der Waals surface area contributed by atoms with Crippen LogP contribution in [-0.2, 0) is 6.42 Å².